The van der Waals surface area contributed by atoms with Crippen molar-refractivity contribution in [3.05, 3.63) is 35.7 Å². The van der Waals surface area contributed by atoms with E-state index in [1.165, 1.54) is 19.3 Å². The molecule has 134 valence electrons. The molecule has 2 aromatic rings. The lowest BCUT2D eigenvalue weighted by Gasteiger charge is -2.33. The standard InChI is InChI=1S/C19H26N4O2/c1-3-20-19(24)23(16-10-5-4-6-11-16)13-17-21-18(22-25-17)15-9-7-8-14(2)12-15/h7-9,12,16H,3-6,10-11,13H2,1-2H3,(H,20,24). The zero-order valence-corrected chi connectivity index (χ0v) is 15.0. The monoisotopic (exact) mass is 342 g/mol. The molecular formula is C19H26N4O2. The number of urea groups is 1. The summed E-state index contributed by atoms with van der Waals surface area (Å²) in [6, 6.07) is 8.19. The Balaban J connectivity index is 1.76. The summed E-state index contributed by atoms with van der Waals surface area (Å²) in [4.78, 5) is 18.8. The van der Waals surface area contributed by atoms with Gasteiger partial charge in [-0.05, 0) is 32.8 Å². The van der Waals surface area contributed by atoms with Crippen LogP contribution in [0.1, 0.15) is 50.5 Å². The van der Waals surface area contributed by atoms with Gasteiger partial charge < -0.3 is 14.7 Å². The van der Waals surface area contributed by atoms with Crippen molar-refractivity contribution < 1.29 is 9.32 Å². The minimum absolute atomic E-state index is 0.0512. The van der Waals surface area contributed by atoms with E-state index < -0.39 is 0 Å². The molecule has 3 rings (SSSR count). The second-order valence-corrected chi connectivity index (χ2v) is 6.64. The Morgan fingerprint density at radius 2 is 2.12 bits per heavy atom. The van der Waals surface area contributed by atoms with Crippen molar-refractivity contribution in [2.24, 2.45) is 0 Å². The Morgan fingerprint density at radius 3 is 2.84 bits per heavy atom. The van der Waals surface area contributed by atoms with Gasteiger partial charge in [0.1, 0.15) is 6.54 Å². The molecule has 1 heterocycles. The molecule has 0 saturated heterocycles. The van der Waals surface area contributed by atoms with Gasteiger partial charge in [0.05, 0.1) is 0 Å². The molecule has 6 nitrogen and oxygen atoms in total. The topological polar surface area (TPSA) is 71.3 Å². The van der Waals surface area contributed by atoms with Crippen molar-refractivity contribution >= 4 is 6.03 Å². The molecule has 1 aromatic heterocycles. The maximum absolute atomic E-state index is 12.5. The van der Waals surface area contributed by atoms with Crippen LogP contribution in [0.5, 0.6) is 0 Å². The second kappa shape index (κ2) is 8.14. The summed E-state index contributed by atoms with van der Waals surface area (Å²) in [5.74, 6) is 1.05. The minimum Gasteiger partial charge on any atom is -0.338 e. The predicted octanol–water partition coefficient (Wildman–Crippen LogP) is 3.91. The van der Waals surface area contributed by atoms with Gasteiger partial charge in [0.2, 0.25) is 11.7 Å². The largest absolute Gasteiger partial charge is 0.338 e. The number of aromatic nitrogens is 2. The van der Waals surface area contributed by atoms with Crippen LogP contribution < -0.4 is 5.32 Å². The van der Waals surface area contributed by atoms with Gasteiger partial charge in [-0.3, -0.25) is 0 Å². The first-order valence-electron chi connectivity index (χ1n) is 9.11. The molecule has 1 aromatic carbocycles. The van der Waals surface area contributed by atoms with Gasteiger partial charge in [0.15, 0.2) is 0 Å². The van der Waals surface area contributed by atoms with E-state index in [1.54, 1.807) is 0 Å². The number of carbonyl (C=O) groups is 1. The SMILES string of the molecule is CCNC(=O)N(Cc1nc(-c2cccc(C)c2)no1)C1CCCCC1. The molecular weight excluding hydrogens is 316 g/mol. The molecule has 25 heavy (non-hydrogen) atoms. The molecule has 1 saturated carbocycles. The Bertz CT molecular complexity index is 707. The first-order chi connectivity index (χ1) is 12.2. The van der Waals surface area contributed by atoms with Crippen molar-refractivity contribution in [1.29, 1.82) is 0 Å². The zero-order valence-electron chi connectivity index (χ0n) is 15.0. The van der Waals surface area contributed by atoms with Crippen LogP contribution in [0, 0.1) is 6.92 Å². The molecule has 0 spiro atoms. The summed E-state index contributed by atoms with van der Waals surface area (Å²) in [5.41, 5.74) is 2.08. The third-order valence-corrected chi connectivity index (χ3v) is 4.65. The molecule has 1 N–H and O–H groups in total. The van der Waals surface area contributed by atoms with E-state index in [2.05, 4.69) is 15.5 Å². The summed E-state index contributed by atoms with van der Waals surface area (Å²) < 4.78 is 5.43. The fourth-order valence-electron chi connectivity index (χ4n) is 3.38. The third kappa shape index (κ3) is 4.38. The molecule has 1 aliphatic rings. The third-order valence-electron chi connectivity index (χ3n) is 4.65. The number of amides is 2. The first kappa shape index (κ1) is 17.5. The zero-order chi connectivity index (χ0) is 17.6. The van der Waals surface area contributed by atoms with Gasteiger partial charge in [0, 0.05) is 18.2 Å². The molecule has 1 aliphatic carbocycles. The summed E-state index contributed by atoms with van der Waals surface area (Å²) in [6.45, 7) is 4.93. The number of rotatable bonds is 5. The first-order valence-corrected chi connectivity index (χ1v) is 9.11. The van der Waals surface area contributed by atoms with Crippen LogP contribution in [-0.2, 0) is 6.54 Å². The van der Waals surface area contributed by atoms with E-state index >= 15 is 0 Å². The van der Waals surface area contributed by atoms with Gasteiger partial charge in [-0.2, -0.15) is 4.98 Å². The van der Waals surface area contributed by atoms with Crippen molar-refractivity contribution in [2.75, 3.05) is 6.54 Å². The Labute approximate surface area is 148 Å². The molecule has 0 unspecified atom stereocenters. The highest BCUT2D eigenvalue weighted by Gasteiger charge is 2.27. The number of nitrogens with one attached hydrogen (secondary N) is 1. The van der Waals surface area contributed by atoms with E-state index in [9.17, 15) is 4.79 Å². The summed E-state index contributed by atoms with van der Waals surface area (Å²) >= 11 is 0. The average Bonchev–Trinajstić information content (AvgIpc) is 3.09. The summed E-state index contributed by atoms with van der Waals surface area (Å²) in [6.07, 6.45) is 5.65. The van der Waals surface area contributed by atoms with Crippen molar-refractivity contribution in [1.82, 2.24) is 20.4 Å². The van der Waals surface area contributed by atoms with Crippen molar-refractivity contribution in [3.8, 4) is 11.4 Å². The Hall–Kier alpha value is -2.37. The minimum atomic E-state index is -0.0512. The molecule has 0 atom stereocenters. The molecule has 2 amide bonds. The van der Waals surface area contributed by atoms with Crippen LogP contribution in [0.3, 0.4) is 0 Å². The lowest BCUT2D eigenvalue weighted by Crippen LogP contribution is -2.46. The molecule has 0 bridgehead atoms. The fraction of sp³-hybridized carbons (Fsp3) is 0.526. The predicted molar refractivity (Wildman–Crippen MR) is 96.0 cm³/mol. The van der Waals surface area contributed by atoms with Crippen molar-refractivity contribution in [3.63, 3.8) is 0 Å². The van der Waals surface area contributed by atoms with Crippen LogP contribution in [0.2, 0.25) is 0 Å². The normalized spacial score (nSPS) is 15.1. The van der Waals surface area contributed by atoms with Gasteiger partial charge in [0.25, 0.3) is 0 Å². The van der Waals surface area contributed by atoms with E-state index in [-0.39, 0.29) is 12.1 Å². The number of hydrogen-bond donors (Lipinski definition) is 1. The number of carbonyl (C=O) groups excluding carboxylic acids is 1. The van der Waals surface area contributed by atoms with Crippen LogP contribution in [0.4, 0.5) is 4.79 Å². The van der Waals surface area contributed by atoms with Crippen LogP contribution in [0.25, 0.3) is 11.4 Å². The van der Waals surface area contributed by atoms with Gasteiger partial charge in [-0.1, -0.05) is 48.2 Å². The molecule has 0 aliphatic heterocycles. The van der Waals surface area contributed by atoms with Crippen LogP contribution in [0.15, 0.2) is 28.8 Å². The number of nitrogens with zero attached hydrogens (tertiary/aromatic N) is 3. The van der Waals surface area contributed by atoms with Gasteiger partial charge >= 0.3 is 6.03 Å². The van der Waals surface area contributed by atoms with E-state index in [4.69, 9.17) is 4.52 Å². The van der Waals surface area contributed by atoms with Crippen LogP contribution in [-0.4, -0.2) is 33.7 Å². The second-order valence-electron chi connectivity index (χ2n) is 6.64. The lowest BCUT2D eigenvalue weighted by molar-refractivity contribution is 0.141. The molecule has 6 heteroatoms. The average molecular weight is 342 g/mol. The van der Waals surface area contributed by atoms with E-state index in [0.717, 1.165) is 24.0 Å². The quantitative estimate of drug-likeness (QED) is 0.894. The number of benzene rings is 1. The van der Waals surface area contributed by atoms with Gasteiger partial charge in [-0.25, -0.2) is 4.79 Å². The maximum atomic E-state index is 12.5. The summed E-state index contributed by atoms with van der Waals surface area (Å²) in [5, 5.41) is 6.99. The van der Waals surface area contributed by atoms with Crippen molar-refractivity contribution in [2.45, 2.75) is 58.5 Å². The maximum Gasteiger partial charge on any atom is 0.318 e. The van der Waals surface area contributed by atoms with Gasteiger partial charge in [-0.15, -0.1) is 0 Å². The smallest absolute Gasteiger partial charge is 0.318 e. The van der Waals surface area contributed by atoms with E-state index in [0.29, 0.717) is 24.8 Å². The highest BCUT2D eigenvalue weighted by molar-refractivity contribution is 5.74. The molecule has 0 radical (unpaired) electrons. The fourth-order valence-corrected chi connectivity index (χ4v) is 3.38. The highest BCUT2D eigenvalue weighted by Crippen LogP contribution is 2.25. The highest BCUT2D eigenvalue weighted by atomic mass is 16.5. The van der Waals surface area contributed by atoms with Crippen LogP contribution >= 0.6 is 0 Å². The molecule has 1 fully saturated rings. The number of hydrogen-bond acceptors (Lipinski definition) is 4. The summed E-state index contributed by atoms with van der Waals surface area (Å²) in [7, 11) is 0. The number of aryl methyl sites for hydroxylation is 1. The Morgan fingerprint density at radius 1 is 1.32 bits per heavy atom. The van der Waals surface area contributed by atoms with E-state index in [1.807, 2.05) is 43.0 Å². The lowest BCUT2D eigenvalue weighted by atomic mass is 9.94. The Kier molecular flexibility index (Phi) is 5.68.